The van der Waals surface area contributed by atoms with Crippen LogP contribution in [0.5, 0.6) is 0 Å². The Labute approximate surface area is 129 Å². The second kappa shape index (κ2) is 8.28. The van der Waals surface area contributed by atoms with Gasteiger partial charge < -0.3 is 5.73 Å². The topological polar surface area (TPSA) is 77.2 Å². The van der Waals surface area contributed by atoms with Crippen molar-refractivity contribution in [3.05, 3.63) is 0 Å². The van der Waals surface area contributed by atoms with E-state index < -0.39 is 9.84 Å². The minimum Gasteiger partial charge on any atom is -0.330 e. The minimum absolute atomic E-state index is 0.0517. The predicted molar refractivity (Wildman–Crippen MR) is 86.8 cm³/mol. The van der Waals surface area contributed by atoms with Crippen LogP contribution in [-0.4, -0.2) is 32.3 Å². The summed E-state index contributed by atoms with van der Waals surface area (Å²) in [4.78, 5) is 12.4. The average Bonchev–Trinajstić information content (AvgIpc) is 2.42. The molecule has 3 atom stereocenters. The molecule has 1 aliphatic carbocycles. The lowest BCUT2D eigenvalue weighted by molar-refractivity contribution is -0.124. The van der Waals surface area contributed by atoms with Gasteiger partial charge in [0.15, 0.2) is 0 Å². The second-order valence-electron chi connectivity index (χ2n) is 6.90. The van der Waals surface area contributed by atoms with E-state index in [2.05, 4.69) is 13.8 Å². The zero-order valence-corrected chi connectivity index (χ0v) is 14.5. The number of ketones is 1. The molecule has 0 spiro atoms. The molecule has 0 radical (unpaired) electrons. The van der Waals surface area contributed by atoms with Crippen LogP contribution < -0.4 is 5.73 Å². The molecule has 124 valence electrons. The molecule has 0 aromatic carbocycles. The summed E-state index contributed by atoms with van der Waals surface area (Å²) < 4.78 is 23.3. The van der Waals surface area contributed by atoms with Crippen LogP contribution in [0.1, 0.15) is 58.8 Å². The van der Waals surface area contributed by atoms with E-state index in [-0.39, 0.29) is 17.0 Å². The Morgan fingerprint density at radius 1 is 1.24 bits per heavy atom. The van der Waals surface area contributed by atoms with Gasteiger partial charge in [0.05, 0.1) is 5.25 Å². The van der Waals surface area contributed by atoms with Crippen molar-refractivity contribution in [2.24, 2.45) is 23.5 Å². The lowest BCUT2D eigenvalue weighted by Gasteiger charge is -2.28. The first kappa shape index (κ1) is 18.6. The normalized spacial score (nSPS) is 25.0. The highest BCUT2D eigenvalue weighted by Gasteiger charge is 2.32. The van der Waals surface area contributed by atoms with Crippen molar-refractivity contribution in [2.45, 2.75) is 64.0 Å². The molecule has 0 bridgehead atoms. The largest absolute Gasteiger partial charge is 0.330 e. The van der Waals surface area contributed by atoms with E-state index in [4.69, 9.17) is 5.73 Å². The van der Waals surface area contributed by atoms with Crippen molar-refractivity contribution in [3.8, 4) is 0 Å². The number of hydrogen-bond acceptors (Lipinski definition) is 4. The van der Waals surface area contributed by atoms with Crippen LogP contribution in [0.2, 0.25) is 0 Å². The molecule has 0 saturated heterocycles. The standard InChI is InChI=1S/C16H31NO3S/c1-12(2)13(9-10-17)7-8-16(18)14-5-4-6-15(11-14)21(3,19)20/h12-15H,4-11,17H2,1-3H3. The third-order valence-corrected chi connectivity index (χ3v) is 6.57. The third-order valence-electron chi connectivity index (χ3n) is 4.93. The van der Waals surface area contributed by atoms with E-state index in [9.17, 15) is 13.2 Å². The summed E-state index contributed by atoms with van der Waals surface area (Å²) in [6, 6.07) is 0. The molecule has 0 aliphatic heterocycles. The minimum atomic E-state index is -3.01. The van der Waals surface area contributed by atoms with Crippen molar-refractivity contribution in [1.29, 1.82) is 0 Å². The number of nitrogens with two attached hydrogens (primary N) is 1. The average molecular weight is 317 g/mol. The molecule has 2 N–H and O–H groups in total. The molecular formula is C16H31NO3S. The molecule has 3 unspecified atom stereocenters. The number of rotatable bonds is 8. The molecule has 0 heterocycles. The molecule has 4 nitrogen and oxygen atoms in total. The fourth-order valence-electron chi connectivity index (χ4n) is 3.38. The first-order valence-corrected chi connectivity index (χ1v) is 10.1. The molecule has 0 amide bonds. The molecule has 1 rings (SSSR count). The summed E-state index contributed by atoms with van der Waals surface area (Å²) in [5.74, 6) is 1.24. The van der Waals surface area contributed by atoms with Gasteiger partial charge in [-0.05, 0) is 50.5 Å². The van der Waals surface area contributed by atoms with Gasteiger partial charge in [0.2, 0.25) is 0 Å². The predicted octanol–water partition coefficient (Wildman–Crippen LogP) is 2.56. The van der Waals surface area contributed by atoms with Crippen LogP contribution in [0.25, 0.3) is 0 Å². The van der Waals surface area contributed by atoms with Gasteiger partial charge in [-0.15, -0.1) is 0 Å². The Balaban J connectivity index is 2.51. The number of carbonyl (C=O) groups is 1. The van der Waals surface area contributed by atoms with E-state index in [1.165, 1.54) is 6.26 Å². The summed E-state index contributed by atoms with van der Waals surface area (Å²) in [7, 11) is -3.01. The van der Waals surface area contributed by atoms with E-state index in [1.807, 2.05) is 0 Å². The molecule has 1 aliphatic rings. The first-order valence-electron chi connectivity index (χ1n) is 8.17. The quantitative estimate of drug-likeness (QED) is 0.746. The SMILES string of the molecule is CC(C)C(CCN)CCC(=O)C1CCCC(S(C)(=O)=O)C1. The Kier molecular flexibility index (Phi) is 7.34. The van der Waals surface area contributed by atoms with E-state index in [0.29, 0.717) is 37.6 Å². The maximum absolute atomic E-state index is 12.4. The molecule has 0 aromatic heterocycles. The van der Waals surface area contributed by atoms with Gasteiger partial charge in [-0.1, -0.05) is 20.3 Å². The molecule has 1 fully saturated rings. The molecule has 1 saturated carbocycles. The first-order chi connectivity index (χ1) is 9.75. The zero-order chi connectivity index (χ0) is 16.0. The van der Waals surface area contributed by atoms with Crippen molar-refractivity contribution < 1.29 is 13.2 Å². The van der Waals surface area contributed by atoms with Gasteiger partial charge in [-0.25, -0.2) is 8.42 Å². The van der Waals surface area contributed by atoms with Gasteiger partial charge in [0, 0.05) is 18.6 Å². The summed E-state index contributed by atoms with van der Waals surface area (Å²) >= 11 is 0. The fraction of sp³-hybridized carbons (Fsp3) is 0.938. The van der Waals surface area contributed by atoms with Crippen molar-refractivity contribution in [3.63, 3.8) is 0 Å². The maximum atomic E-state index is 12.4. The van der Waals surface area contributed by atoms with E-state index >= 15 is 0 Å². The van der Waals surface area contributed by atoms with Gasteiger partial charge in [0.1, 0.15) is 15.6 Å². The molecule has 5 heteroatoms. The molecule has 21 heavy (non-hydrogen) atoms. The Morgan fingerprint density at radius 3 is 2.43 bits per heavy atom. The number of sulfone groups is 1. The Bertz CT molecular complexity index is 431. The van der Waals surface area contributed by atoms with Gasteiger partial charge in [0.25, 0.3) is 0 Å². The second-order valence-corrected chi connectivity index (χ2v) is 9.23. The van der Waals surface area contributed by atoms with Crippen molar-refractivity contribution >= 4 is 15.6 Å². The Hall–Kier alpha value is -0.420. The van der Waals surface area contributed by atoms with Crippen LogP contribution in [0.4, 0.5) is 0 Å². The number of hydrogen-bond donors (Lipinski definition) is 1. The lowest BCUT2D eigenvalue weighted by atomic mass is 9.81. The van der Waals surface area contributed by atoms with E-state index in [1.54, 1.807) is 0 Å². The van der Waals surface area contributed by atoms with Crippen LogP contribution in [-0.2, 0) is 14.6 Å². The highest BCUT2D eigenvalue weighted by atomic mass is 32.2. The highest BCUT2D eigenvalue weighted by Crippen LogP contribution is 2.31. The van der Waals surface area contributed by atoms with Gasteiger partial charge in [-0.3, -0.25) is 4.79 Å². The van der Waals surface area contributed by atoms with Crippen molar-refractivity contribution in [2.75, 3.05) is 12.8 Å². The van der Waals surface area contributed by atoms with Crippen LogP contribution >= 0.6 is 0 Å². The van der Waals surface area contributed by atoms with Crippen LogP contribution in [0.15, 0.2) is 0 Å². The smallest absolute Gasteiger partial charge is 0.150 e. The summed E-state index contributed by atoms with van der Waals surface area (Å²) in [6.45, 7) is 5.01. The molecule has 0 aromatic rings. The lowest BCUT2D eigenvalue weighted by Crippen LogP contribution is -2.31. The van der Waals surface area contributed by atoms with Gasteiger partial charge in [-0.2, -0.15) is 0 Å². The van der Waals surface area contributed by atoms with Crippen molar-refractivity contribution in [1.82, 2.24) is 0 Å². The van der Waals surface area contributed by atoms with Crippen LogP contribution in [0.3, 0.4) is 0 Å². The fourth-order valence-corrected chi connectivity index (χ4v) is 4.56. The summed E-state index contributed by atoms with van der Waals surface area (Å²) in [5.41, 5.74) is 5.63. The third kappa shape index (κ3) is 6.07. The van der Waals surface area contributed by atoms with E-state index in [0.717, 1.165) is 25.7 Å². The zero-order valence-electron chi connectivity index (χ0n) is 13.7. The molecular weight excluding hydrogens is 286 g/mol. The summed E-state index contributed by atoms with van der Waals surface area (Å²) in [6.07, 6.45) is 6.66. The number of Topliss-reactive ketones (excluding diaryl/α,β-unsaturated/α-hetero) is 1. The maximum Gasteiger partial charge on any atom is 0.150 e. The van der Waals surface area contributed by atoms with Crippen LogP contribution in [0, 0.1) is 17.8 Å². The summed E-state index contributed by atoms with van der Waals surface area (Å²) in [5, 5.41) is -0.315. The Morgan fingerprint density at radius 2 is 1.90 bits per heavy atom. The van der Waals surface area contributed by atoms with Gasteiger partial charge >= 0.3 is 0 Å². The highest BCUT2D eigenvalue weighted by molar-refractivity contribution is 7.91. The number of carbonyl (C=O) groups excluding carboxylic acids is 1. The monoisotopic (exact) mass is 317 g/mol.